The number of phenols is 1. The molecule has 2 unspecified atom stereocenters. The van der Waals surface area contributed by atoms with Crippen molar-refractivity contribution < 1.29 is 14.6 Å². The van der Waals surface area contributed by atoms with Crippen LogP contribution < -0.4 is 0 Å². The van der Waals surface area contributed by atoms with Gasteiger partial charge in [0.15, 0.2) is 0 Å². The first-order valence-electron chi connectivity index (χ1n) is 7.25. The van der Waals surface area contributed by atoms with Crippen molar-refractivity contribution in [1.29, 1.82) is 5.26 Å². The van der Waals surface area contributed by atoms with Crippen molar-refractivity contribution in [3.8, 4) is 11.8 Å². The third-order valence-corrected chi connectivity index (χ3v) is 3.77. The van der Waals surface area contributed by atoms with Crippen LogP contribution in [0.3, 0.4) is 0 Å². The summed E-state index contributed by atoms with van der Waals surface area (Å²) in [6, 6.07) is 8.54. The van der Waals surface area contributed by atoms with E-state index in [4.69, 9.17) is 4.74 Å². The minimum absolute atomic E-state index is 0.160. The topological polar surface area (TPSA) is 73.6 Å². The van der Waals surface area contributed by atoms with E-state index in [0.717, 1.165) is 24.9 Å². The van der Waals surface area contributed by atoms with E-state index in [1.807, 2.05) is 4.90 Å². The minimum Gasteiger partial charge on any atom is -0.508 e. The van der Waals surface area contributed by atoms with Crippen LogP contribution in [0, 0.1) is 17.2 Å². The Balaban J connectivity index is 2.09. The summed E-state index contributed by atoms with van der Waals surface area (Å²) in [5.41, 5.74) is 0.833. The van der Waals surface area contributed by atoms with Gasteiger partial charge >= 0.3 is 5.97 Å². The molecule has 0 aliphatic carbocycles. The lowest BCUT2D eigenvalue weighted by atomic mass is 9.95. The lowest BCUT2D eigenvalue weighted by Gasteiger charge is -2.34. The summed E-state index contributed by atoms with van der Waals surface area (Å²) in [4.78, 5) is 13.9. The number of phenolic OH excluding ortho intramolecular Hbond substituents is 1. The standard InChI is InChI=1S/C16H20N2O3/c1-2-21-16(20)13-4-3-9-18(11-13)15(10-17)12-5-7-14(19)8-6-12/h5-8,13,15,19H,2-4,9,11H2,1H3. The van der Waals surface area contributed by atoms with E-state index < -0.39 is 6.04 Å². The highest BCUT2D eigenvalue weighted by atomic mass is 16.5. The number of piperidine rings is 1. The first-order chi connectivity index (χ1) is 10.2. The predicted molar refractivity (Wildman–Crippen MR) is 77.4 cm³/mol. The number of ether oxygens (including phenoxy) is 1. The number of benzene rings is 1. The Hall–Kier alpha value is -2.06. The molecule has 0 saturated carbocycles. The number of esters is 1. The molecule has 5 heteroatoms. The number of hydrogen-bond acceptors (Lipinski definition) is 5. The van der Waals surface area contributed by atoms with Crippen LogP contribution in [0.15, 0.2) is 24.3 Å². The first kappa shape index (κ1) is 15.3. The second-order valence-electron chi connectivity index (χ2n) is 5.21. The molecule has 112 valence electrons. The number of likely N-dealkylation sites (tertiary alicyclic amines) is 1. The lowest BCUT2D eigenvalue weighted by molar-refractivity contribution is -0.150. The van der Waals surface area contributed by atoms with Gasteiger partial charge in [-0.2, -0.15) is 5.26 Å². The molecule has 2 rings (SSSR count). The number of hydrogen-bond donors (Lipinski definition) is 1. The van der Waals surface area contributed by atoms with E-state index in [1.165, 1.54) is 0 Å². The fraction of sp³-hybridized carbons (Fsp3) is 0.500. The van der Waals surface area contributed by atoms with Crippen molar-refractivity contribution in [2.24, 2.45) is 5.92 Å². The zero-order chi connectivity index (χ0) is 15.2. The second-order valence-corrected chi connectivity index (χ2v) is 5.21. The van der Waals surface area contributed by atoms with Gasteiger partial charge in [-0.05, 0) is 44.0 Å². The monoisotopic (exact) mass is 288 g/mol. The van der Waals surface area contributed by atoms with E-state index in [9.17, 15) is 15.2 Å². The van der Waals surface area contributed by atoms with Gasteiger partial charge in [0.2, 0.25) is 0 Å². The molecule has 1 fully saturated rings. The largest absolute Gasteiger partial charge is 0.508 e. The van der Waals surface area contributed by atoms with E-state index in [1.54, 1.807) is 31.2 Å². The molecule has 2 atom stereocenters. The van der Waals surface area contributed by atoms with Gasteiger partial charge in [0.25, 0.3) is 0 Å². The van der Waals surface area contributed by atoms with Gasteiger partial charge < -0.3 is 9.84 Å². The maximum absolute atomic E-state index is 11.9. The maximum Gasteiger partial charge on any atom is 0.310 e. The van der Waals surface area contributed by atoms with Gasteiger partial charge in [-0.3, -0.25) is 9.69 Å². The van der Waals surface area contributed by atoms with Crippen molar-refractivity contribution in [1.82, 2.24) is 4.90 Å². The van der Waals surface area contributed by atoms with Gasteiger partial charge in [0.05, 0.1) is 18.6 Å². The quantitative estimate of drug-likeness (QED) is 0.860. The number of carbonyl (C=O) groups is 1. The highest BCUT2D eigenvalue weighted by molar-refractivity contribution is 5.72. The molecule has 21 heavy (non-hydrogen) atoms. The summed E-state index contributed by atoms with van der Waals surface area (Å²) >= 11 is 0. The molecule has 5 nitrogen and oxygen atoms in total. The molecule has 0 amide bonds. The average Bonchev–Trinajstić information content (AvgIpc) is 2.50. The summed E-state index contributed by atoms with van der Waals surface area (Å²) in [5, 5.41) is 18.8. The number of nitriles is 1. The smallest absolute Gasteiger partial charge is 0.310 e. The Morgan fingerprint density at radius 1 is 1.52 bits per heavy atom. The van der Waals surface area contributed by atoms with E-state index in [-0.39, 0.29) is 17.6 Å². The van der Waals surface area contributed by atoms with Crippen LogP contribution in [0.2, 0.25) is 0 Å². The Kier molecular flexibility index (Phi) is 5.18. The molecule has 1 saturated heterocycles. The van der Waals surface area contributed by atoms with Gasteiger partial charge in [-0.1, -0.05) is 12.1 Å². The fourth-order valence-electron chi connectivity index (χ4n) is 2.72. The van der Waals surface area contributed by atoms with Crippen LogP contribution in [0.1, 0.15) is 31.4 Å². The third kappa shape index (κ3) is 3.73. The summed E-state index contributed by atoms with van der Waals surface area (Å²) in [5.74, 6) is -0.158. The Morgan fingerprint density at radius 3 is 2.86 bits per heavy atom. The number of aromatic hydroxyl groups is 1. The molecule has 0 spiro atoms. The number of rotatable bonds is 4. The van der Waals surface area contributed by atoms with Gasteiger partial charge in [0, 0.05) is 6.54 Å². The Morgan fingerprint density at radius 2 is 2.24 bits per heavy atom. The van der Waals surface area contributed by atoms with Crippen LogP contribution in [0.25, 0.3) is 0 Å². The van der Waals surface area contributed by atoms with E-state index >= 15 is 0 Å². The third-order valence-electron chi connectivity index (χ3n) is 3.77. The van der Waals surface area contributed by atoms with Crippen LogP contribution in [0.5, 0.6) is 5.75 Å². The minimum atomic E-state index is -0.400. The van der Waals surface area contributed by atoms with Crippen LogP contribution in [-0.2, 0) is 9.53 Å². The average molecular weight is 288 g/mol. The lowest BCUT2D eigenvalue weighted by Crippen LogP contribution is -2.41. The summed E-state index contributed by atoms with van der Waals surface area (Å²) in [7, 11) is 0. The van der Waals surface area contributed by atoms with Crippen LogP contribution in [0.4, 0.5) is 0 Å². The normalized spacial score (nSPS) is 20.5. The highest BCUT2D eigenvalue weighted by Gasteiger charge is 2.31. The van der Waals surface area contributed by atoms with Gasteiger partial charge in [0.1, 0.15) is 11.8 Å². The van der Waals surface area contributed by atoms with Crippen molar-refractivity contribution in [3.05, 3.63) is 29.8 Å². The van der Waals surface area contributed by atoms with E-state index in [0.29, 0.717) is 13.2 Å². The zero-order valence-electron chi connectivity index (χ0n) is 12.2. The van der Waals surface area contributed by atoms with Crippen molar-refractivity contribution in [2.45, 2.75) is 25.8 Å². The molecule has 1 N–H and O–H groups in total. The van der Waals surface area contributed by atoms with Crippen LogP contribution in [-0.4, -0.2) is 35.7 Å². The molecular formula is C16H20N2O3. The van der Waals surface area contributed by atoms with E-state index in [2.05, 4.69) is 6.07 Å². The second kappa shape index (κ2) is 7.09. The van der Waals surface area contributed by atoms with Crippen molar-refractivity contribution in [3.63, 3.8) is 0 Å². The zero-order valence-corrected chi connectivity index (χ0v) is 12.2. The molecule has 0 radical (unpaired) electrons. The predicted octanol–water partition coefficient (Wildman–Crippen LogP) is 2.23. The van der Waals surface area contributed by atoms with Crippen molar-refractivity contribution in [2.75, 3.05) is 19.7 Å². The Labute approximate surface area is 124 Å². The van der Waals surface area contributed by atoms with Crippen molar-refractivity contribution >= 4 is 5.97 Å². The number of carbonyl (C=O) groups excluding carboxylic acids is 1. The summed E-state index contributed by atoms with van der Waals surface area (Å²) in [6.45, 7) is 3.51. The fourth-order valence-corrected chi connectivity index (χ4v) is 2.72. The summed E-state index contributed by atoms with van der Waals surface area (Å²) < 4.78 is 5.08. The molecule has 1 heterocycles. The first-order valence-corrected chi connectivity index (χ1v) is 7.25. The molecule has 1 aliphatic rings. The molecule has 0 bridgehead atoms. The maximum atomic E-state index is 11.9. The van der Waals surface area contributed by atoms with Gasteiger partial charge in [-0.25, -0.2) is 0 Å². The summed E-state index contributed by atoms with van der Waals surface area (Å²) in [6.07, 6.45) is 1.68. The SMILES string of the molecule is CCOC(=O)C1CCCN(C(C#N)c2ccc(O)cc2)C1. The molecule has 0 aromatic heterocycles. The number of nitrogens with zero attached hydrogens (tertiary/aromatic N) is 2. The molecular weight excluding hydrogens is 268 g/mol. The Bertz CT molecular complexity index is 521. The molecule has 1 aromatic rings. The molecule has 1 aliphatic heterocycles. The molecule has 1 aromatic carbocycles. The van der Waals surface area contributed by atoms with Gasteiger partial charge in [-0.15, -0.1) is 0 Å². The highest BCUT2D eigenvalue weighted by Crippen LogP contribution is 2.28. The van der Waals surface area contributed by atoms with Crippen LogP contribution >= 0.6 is 0 Å².